The number of rotatable bonds is 4. The van der Waals surface area contributed by atoms with E-state index in [-0.39, 0.29) is 11.1 Å². The minimum Gasteiger partial charge on any atom is -0.465 e. The van der Waals surface area contributed by atoms with Crippen LogP contribution in [0.4, 0.5) is 4.79 Å². The normalized spacial score (nSPS) is 16.7. The molecule has 1 aromatic rings. The van der Waals surface area contributed by atoms with Gasteiger partial charge in [0, 0.05) is 17.6 Å². The molecule has 0 spiro atoms. The van der Waals surface area contributed by atoms with E-state index in [0.717, 1.165) is 23.5 Å². The van der Waals surface area contributed by atoms with E-state index in [1.54, 1.807) is 0 Å². The number of nitrogens with zero attached hydrogens (tertiary/aromatic N) is 2. The van der Waals surface area contributed by atoms with E-state index in [0.29, 0.717) is 13.0 Å². The highest BCUT2D eigenvalue weighted by molar-refractivity contribution is 6.00. The average molecular weight is 317 g/mol. The van der Waals surface area contributed by atoms with Crippen molar-refractivity contribution in [3.8, 4) is 0 Å². The van der Waals surface area contributed by atoms with Gasteiger partial charge in [-0.15, -0.1) is 0 Å². The highest BCUT2D eigenvalue weighted by Gasteiger charge is 2.26. The van der Waals surface area contributed by atoms with Crippen LogP contribution in [0.1, 0.15) is 45.7 Å². The molecule has 1 heterocycles. The summed E-state index contributed by atoms with van der Waals surface area (Å²) in [4.78, 5) is 17.4. The summed E-state index contributed by atoms with van der Waals surface area (Å²) in [5, 5.41) is 12.7. The molecule has 5 nitrogen and oxygen atoms in total. The van der Waals surface area contributed by atoms with Crippen LogP contribution < -0.4 is 5.32 Å². The monoisotopic (exact) mass is 317 g/mol. The van der Waals surface area contributed by atoms with Crippen molar-refractivity contribution in [2.45, 2.75) is 52.1 Å². The van der Waals surface area contributed by atoms with Crippen LogP contribution in [0.2, 0.25) is 0 Å². The number of amides is 1. The van der Waals surface area contributed by atoms with Crippen LogP contribution in [-0.2, 0) is 6.42 Å². The standard InChI is InChI=1S/C18H27N3O2/c1-17(2,3)21(16(22)23)11-10-13-6-8-14(9-7-13)15-19-12-18(4,5)20-15/h6-9H,10-12H2,1-5H3,(H,19,20)(H,22,23). The van der Waals surface area contributed by atoms with Crippen molar-refractivity contribution in [2.75, 3.05) is 13.1 Å². The fraction of sp³-hybridized carbons (Fsp3) is 0.556. The first kappa shape index (κ1) is 17.3. The van der Waals surface area contributed by atoms with Crippen LogP contribution in [0.3, 0.4) is 0 Å². The predicted molar refractivity (Wildman–Crippen MR) is 93.2 cm³/mol. The van der Waals surface area contributed by atoms with Crippen molar-refractivity contribution in [3.63, 3.8) is 0 Å². The maximum absolute atomic E-state index is 11.4. The molecule has 126 valence electrons. The molecule has 1 amide bonds. The van der Waals surface area contributed by atoms with Crippen LogP contribution in [0.5, 0.6) is 0 Å². The van der Waals surface area contributed by atoms with Crippen LogP contribution in [0, 0.1) is 0 Å². The molecule has 0 fully saturated rings. The Labute approximate surface area is 138 Å². The highest BCUT2D eigenvalue weighted by Crippen LogP contribution is 2.17. The Morgan fingerprint density at radius 1 is 1.30 bits per heavy atom. The van der Waals surface area contributed by atoms with Gasteiger partial charge in [0.15, 0.2) is 0 Å². The summed E-state index contributed by atoms with van der Waals surface area (Å²) in [6.07, 6.45) is -0.171. The fourth-order valence-corrected chi connectivity index (χ4v) is 2.63. The number of carboxylic acid groups (broad SMARTS) is 1. The molecular formula is C18H27N3O2. The lowest BCUT2D eigenvalue weighted by Gasteiger charge is -2.33. The van der Waals surface area contributed by atoms with Crippen molar-refractivity contribution in [2.24, 2.45) is 4.99 Å². The van der Waals surface area contributed by atoms with Gasteiger partial charge < -0.3 is 15.3 Å². The molecule has 1 aliphatic rings. The van der Waals surface area contributed by atoms with Crippen LogP contribution in [0.15, 0.2) is 29.3 Å². The number of amidine groups is 1. The smallest absolute Gasteiger partial charge is 0.407 e. The minimum atomic E-state index is -0.874. The third-order valence-electron chi connectivity index (χ3n) is 3.98. The van der Waals surface area contributed by atoms with Gasteiger partial charge in [-0.25, -0.2) is 4.79 Å². The third-order valence-corrected chi connectivity index (χ3v) is 3.98. The lowest BCUT2D eigenvalue weighted by molar-refractivity contribution is 0.101. The minimum absolute atomic E-state index is 0.0166. The summed E-state index contributed by atoms with van der Waals surface area (Å²) >= 11 is 0. The van der Waals surface area contributed by atoms with E-state index in [9.17, 15) is 9.90 Å². The summed E-state index contributed by atoms with van der Waals surface area (Å²) in [5.41, 5.74) is 1.83. The Morgan fingerprint density at radius 2 is 1.91 bits per heavy atom. The van der Waals surface area contributed by atoms with Gasteiger partial charge in [0.25, 0.3) is 0 Å². The second-order valence-electron chi connectivity index (χ2n) is 7.73. The Balaban J connectivity index is 1.99. The first-order valence-electron chi connectivity index (χ1n) is 8.01. The Hall–Kier alpha value is -2.04. The molecule has 0 aromatic heterocycles. The second kappa shape index (κ2) is 6.22. The van der Waals surface area contributed by atoms with E-state index >= 15 is 0 Å². The van der Waals surface area contributed by atoms with E-state index in [4.69, 9.17) is 0 Å². The molecule has 5 heteroatoms. The number of hydrogen-bond acceptors (Lipinski definition) is 3. The van der Waals surface area contributed by atoms with Gasteiger partial charge >= 0.3 is 6.09 Å². The number of nitrogens with one attached hydrogen (secondary N) is 1. The molecule has 0 atom stereocenters. The lowest BCUT2D eigenvalue weighted by Crippen LogP contribution is -2.45. The topological polar surface area (TPSA) is 64.9 Å². The van der Waals surface area contributed by atoms with Crippen molar-refractivity contribution in [1.29, 1.82) is 0 Å². The maximum Gasteiger partial charge on any atom is 0.407 e. The highest BCUT2D eigenvalue weighted by atomic mass is 16.4. The largest absolute Gasteiger partial charge is 0.465 e. The van der Waals surface area contributed by atoms with Crippen molar-refractivity contribution in [1.82, 2.24) is 10.2 Å². The molecule has 0 unspecified atom stereocenters. The summed E-state index contributed by atoms with van der Waals surface area (Å²) in [5.74, 6) is 0.934. The SMILES string of the molecule is CC1(C)CN=C(c2ccc(CCN(C(=O)O)C(C)(C)C)cc2)N1. The van der Waals surface area contributed by atoms with Gasteiger partial charge in [-0.1, -0.05) is 24.3 Å². The zero-order chi connectivity index (χ0) is 17.3. The predicted octanol–water partition coefficient (Wildman–Crippen LogP) is 3.14. The summed E-state index contributed by atoms with van der Waals surface area (Å²) in [7, 11) is 0. The third kappa shape index (κ3) is 4.47. The zero-order valence-corrected chi connectivity index (χ0v) is 14.7. The molecular weight excluding hydrogens is 290 g/mol. The van der Waals surface area contributed by atoms with Crippen molar-refractivity contribution >= 4 is 11.9 Å². The Kier molecular flexibility index (Phi) is 4.68. The molecule has 0 saturated carbocycles. The van der Waals surface area contributed by atoms with Crippen LogP contribution >= 0.6 is 0 Å². The lowest BCUT2D eigenvalue weighted by atomic mass is 10.0. The van der Waals surface area contributed by atoms with Crippen molar-refractivity contribution < 1.29 is 9.90 Å². The Morgan fingerprint density at radius 3 is 2.35 bits per heavy atom. The molecule has 0 bridgehead atoms. The summed E-state index contributed by atoms with van der Waals surface area (Å²) < 4.78 is 0. The average Bonchev–Trinajstić information content (AvgIpc) is 2.78. The van der Waals surface area contributed by atoms with Crippen molar-refractivity contribution in [3.05, 3.63) is 35.4 Å². The van der Waals surface area contributed by atoms with E-state index in [1.807, 2.05) is 45.0 Å². The van der Waals surface area contributed by atoms with Gasteiger partial charge in [-0.05, 0) is 46.6 Å². The number of aliphatic imine (C=N–C) groups is 1. The molecule has 0 saturated heterocycles. The van der Waals surface area contributed by atoms with Gasteiger partial charge in [0.05, 0.1) is 12.1 Å². The zero-order valence-electron chi connectivity index (χ0n) is 14.7. The molecule has 0 aliphatic carbocycles. The van der Waals surface area contributed by atoms with E-state index in [2.05, 4.69) is 24.2 Å². The molecule has 23 heavy (non-hydrogen) atoms. The Bertz CT molecular complexity index is 598. The quantitative estimate of drug-likeness (QED) is 0.896. The molecule has 1 aromatic carbocycles. The molecule has 2 rings (SSSR count). The number of hydrogen-bond donors (Lipinski definition) is 2. The maximum atomic E-state index is 11.4. The van der Waals surface area contributed by atoms with Gasteiger partial charge in [-0.2, -0.15) is 0 Å². The molecule has 0 radical (unpaired) electrons. The molecule has 2 N–H and O–H groups in total. The summed E-state index contributed by atoms with van der Waals surface area (Å²) in [6, 6.07) is 8.19. The van der Waals surface area contributed by atoms with Gasteiger partial charge in [-0.3, -0.25) is 4.99 Å². The first-order valence-corrected chi connectivity index (χ1v) is 8.01. The van der Waals surface area contributed by atoms with Crippen LogP contribution in [-0.4, -0.2) is 46.1 Å². The summed E-state index contributed by atoms with van der Waals surface area (Å²) in [6.45, 7) is 11.3. The van der Waals surface area contributed by atoms with E-state index < -0.39 is 6.09 Å². The fourth-order valence-electron chi connectivity index (χ4n) is 2.63. The molecule has 1 aliphatic heterocycles. The van der Waals surface area contributed by atoms with Crippen LogP contribution in [0.25, 0.3) is 0 Å². The number of carbonyl (C=O) groups is 1. The number of benzene rings is 1. The van der Waals surface area contributed by atoms with E-state index in [1.165, 1.54) is 4.90 Å². The van der Waals surface area contributed by atoms with Gasteiger partial charge in [0.1, 0.15) is 5.84 Å². The van der Waals surface area contributed by atoms with Gasteiger partial charge in [0.2, 0.25) is 0 Å². The second-order valence-corrected chi connectivity index (χ2v) is 7.73. The first-order chi connectivity index (χ1) is 10.6.